The van der Waals surface area contributed by atoms with Crippen LogP contribution in [0.25, 0.3) is 11.0 Å². The number of hydrogen-bond donors (Lipinski definition) is 0. The van der Waals surface area contributed by atoms with Gasteiger partial charge in [-0.15, -0.1) is 0 Å². The van der Waals surface area contributed by atoms with Crippen molar-refractivity contribution >= 4 is 46.0 Å². The molecule has 1 unspecified atom stereocenters. The smallest absolute Gasteiger partial charge is 0.249 e. The van der Waals surface area contributed by atoms with Crippen molar-refractivity contribution in [3.63, 3.8) is 0 Å². The molecule has 1 atom stereocenters. The van der Waals surface area contributed by atoms with Gasteiger partial charge in [0.1, 0.15) is 12.1 Å². The number of carbonyl (C=O) groups excluding carboxylic acids is 1. The lowest BCUT2D eigenvalue weighted by Gasteiger charge is -2.26. The molecule has 31 heavy (non-hydrogen) atoms. The van der Waals surface area contributed by atoms with Crippen molar-refractivity contribution in [2.24, 2.45) is 0 Å². The second kappa shape index (κ2) is 8.64. The number of hydrogen-bond acceptors (Lipinski definition) is 6. The summed E-state index contributed by atoms with van der Waals surface area (Å²) in [5, 5.41) is -0.146. The fourth-order valence-electron chi connectivity index (χ4n) is 3.44. The Morgan fingerprint density at radius 1 is 1.32 bits per heavy atom. The van der Waals surface area contributed by atoms with Gasteiger partial charge in [-0.25, -0.2) is 14.4 Å². The minimum Gasteiger partial charge on any atom is -0.434 e. The number of pyridine rings is 1. The van der Waals surface area contributed by atoms with E-state index in [1.165, 1.54) is 24.5 Å². The Bertz CT molecular complexity index is 1180. The molecule has 0 radical (unpaired) electrons. The van der Waals surface area contributed by atoms with Gasteiger partial charge in [-0.05, 0) is 36.8 Å². The fraction of sp³-hybridized carbons (Fsp3) is 0.238. The Balaban J connectivity index is 1.64. The SMILES string of the molecule is C=CC(=O)N1CCC(N(C)c2ccc3ncnc(Oc4ccc(Cl)c(Cl)c4F)c3n2)C1. The zero-order valence-electron chi connectivity index (χ0n) is 16.6. The molecule has 3 aromatic rings. The average Bonchev–Trinajstić information content (AvgIpc) is 3.28. The Labute approximate surface area is 188 Å². The Morgan fingerprint density at radius 3 is 2.90 bits per heavy atom. The number of ether oxygens (including phenoxy) is 1. The molecule has 1 aromatic carbocycles. The summed E-state index contributed by atoms with van der Waals surface area (Å²) in [4.78, 5) is 28.6. The lowest BCUT2D eigenvalue weighted by atomic mass is 10.2. The van der Waals surface area contributed by atoms with E-state index in [0.29, 0.717) is 29.9 Å². The third-order valence-electron chi connectivity index (χ3n) is 5.20. The summed E-state index contributed by atoms with van der Waals surface area (Å²) in [7, 11) is 1.91. The molecule has 0 saturated carbocycles. The summed E-state index contributed by atoms with van der Waals surface area (Å²) < 4.78 is 20.1. The molecule has 1 fully saturated rings. The normalized spacial score (nSPS) is 15.9. The van der Waals surface area contributed by atoms with Gasteiger partial charge in [-0.2, -0.15) is 4.98 Å². The van der Waals surface area contributed by atoms with E-state index in [-0.39, 0.29) is 33.6 Å². The number of likely N-dealkylation sites (tertiary alicyclic amines) is 1. The fourth-order valence-corrected chi connectivity index (χ4v) is 3.75. The summed E-state index contributed by atoms with van der Waals surface area (Å²) in [6, 6.07) is 6.52. The molecule has 2 aromatic heterocycles. The maximum Gasteiger partial charge on any atom is 0.249 e. The topological polar surface area (TPSA) is 71.5 Å². The van der Waals surface area contributed by atoms with E-state index >= 15 is 0 Å². The molecule has 0 spiro atoms. The van der Waals surface area contributed by atoms with Crippen LogP contribution in [0.2, 0.25) is 10.0 Å². The number of aromatic nitrogens is 3. The molecule has 0 bridgehead atoms. The van der Waals surface area contributed by atoms with Crippen molar-refractivity contribution in [2.75, 3.05) is 25.0 Å². The molecule has 1 saturated heterocycles. The number of amides is 1. The van der Waals surface area contributed by atoms with E-state index in [9.17, 15) is 9.18 Å². The van der Waals surface area contributed by atoms with E-state index in [4.69, 9.17) is 27.9 Å². The van der Waals surface area contributed by atoms with Crippen molar-refractivity contribution in [1.29, 1.82) is 0 Å². The van der Waals surface area contributed by atoms with E-state index in [2.05, 4.69) is 21.5 Å². The van der Waals surface area contributed by atoms with Crippen LogP contribution in [0.3, 0.4) is 0 Å². The van der Waals surface area contributed by atoms with Gasteiger partial charge in [-0.3, -0.25) is 4.79 Å². The average molecular weight is 462 g/mol. The molecule has 3 heterocycles. The minimum absolute atomic E-state index is 0.0849. The number of benzene rings is 1. The van der Waals surface area contributed by atoms with Gasteiger partial charge in [0.15, 0.2) is 17.1 Å². The summed E-state index contributed by atoms with van der Waals surface area (Å²) in [5.74, 6) is -0.251. The standard InChI is InChI=1S/C21H18Cl2FN5O2/c1-3-17(30)29-9-8-12(10-29)28(2)16-7-5-14-20(27-16)21(26-11-25-14)31-15-6-4-13(22)18(23)19(15)24/h3-7,11-12H,1,8-10H2,2H3. The van der Waals surface area contributed by atoms with Crippen LogP contribution >= 0.6 is 23.2 Å². The number of likely N-dealkylation sites (N-methyl/N-ethyl adjacent to an activating group) is 1. The first-order valence-electron chi connectivity index (χ1n) is 9.46. The largest absolute Gasteiger partial charge is 0.434 e. The van der Waals surface area contributed by atoms with Crippen LogP contribution in [0, 0.1) is 5.82 Å². The molecule has 7 nitrogen and oxygen atoms in total. The summed E-state index contributed by atoms with van der Waals surface area (Å²) >= 11 is 11.7. The molecule has 0 aliphatic carbocycles. The minimum atomic E-state index is -0.785. The Hall–Kier alpha value is -2.97. The van der Waals surface area contributed by atoms with Crippen molar-refractivity contribution in [3.05, 3.63) is 59.1 Å². The van der Waals surface area contributed by atoms with Crippen molar-refractivity contribution in [2.45, 2.75) is 12.5 Å². The molecule has 10 heteroatoms. The Kier molecular flexibility index (Phi) is 5.93. The zero-order valence-corrected chi connectivity index (χ0v) is 18.1. The molecule has 4 rings (SSSR count). The van der Waals surface area contributed by atoms with E-state index in [1.807, 2.05) is 18.0 Å². The van der Waals surface area contributed by atoms with Crippen LogP contribution < -0.4 is 9.64 Å². The monoisotopic (exact) mass is 461 g/mol. The van der Waals surface area contributed by atoms with Crippen molar-refractivity contribution in [1.82, 2.24) is 19.9 Å². The highest BCUT2D eigenvalue weighted by molar-refractivity contribution is 6.42. The third-order valence-corrected chi connectivity index (χ3v) is 5.98. The number of fused-ring (bicyclic) bond motifs is 1. The highest BCUT2D eigenvalue weighted by Gasteiger charge is 2.28. The van der Waals surface area contributed by atoms with Crippen LogP contribution in [0.1, 0.15) is 6.42 Å². The molecule has 1 aliphatic heterocycles. The van der Waals surface area contributed by atoms with E-state index < -0.39 is 5.82 Å². The highest BCUT2D eigenvalue weighted by Crippen LogP contribution is 2.35. The predicted molar refractivity (Wildman–Crippen MR) is 117 cm³/mol. The van der Waals surface area contributed by atoms with Gasteiger partial charge in [0.2, 0.25) is 11.8 Å². The quantitative estimate of drug-likeness (QED) is 0.411. The van der Waals surface area contributed by atoms with Crippen molar-refractivity contribution in [3.8, 4) is 11.6 Å². The van der Waals surface area contributed by atoms with Crippen LogP contribution in [-0.2, 0) is 4.79 Å². The number of rotatable bonds is 5. The first-order valence-corrected chi connectivity index (χ1v) is 10.2. The predicted octanol–water partition coefficient (Wildman–Crippen LogP) is 4.49. The maximum atomic E-state index is 14.4. The van der Waals surface area contributed by atoms with Gasteiger partial charge < -0.3 is 14.5 Å². The van der Waals surface area contributed by atoms with Crippen LogP contribution in [0.4, 0.5) is 10.2 Å². The Morgan fingerprint density at radius 2 is 2.13 bits per heavy atom. The molecule has 160 valence electrons. The van der Waals surface area contributed by atoms with E-state index in [1.54, 1.807) is 11.0 Å². The maximum absolute atomic E-state index is 14.4. The lowest BCUT2D eigenvalue weighted by Crippen LogP contribution is -2.36. The third kappa shape index (κ3) is 4.13. The van der Waals surface area contributed by atoms with Gasteiger partial charge in [0, 0.05) is 26.2 Å². The molecular weight excluding hydrogens is 444 g/mol. The first kappa shape index (κ1) is 21.3. The zero-order chi connectivity index (χ0) is 22.1. The van der Waals surface area contributed by atoms with Gasteiger partial charge in [0.25, 0.3) is 0 Å². The van der Waals surface area contributed by atoms with E-state index in [0.717, 1.165) is 6.42 Å². The van der Waals surface area contributed by atoms with Crippen LogP contribution in [-0.4, -0.2) is 51.9 Å². The number of nitrogens with zero attached hydrogens (tertiary/aromatic N) is 5. The van der Waals surface area contributed by atoms with Crippen LogP contribution in [0.15, 0.2) is 43.2 Å². The van der Waals surface area contributed by atoms with Gasteiger partial charge >= 0.3 is 0 Å². The second-order valence-electron chi connectivity index (χ2n) is 7.03. The summed E-state index contributed by atoms with van der Waals surface area (Å²) in [5.41, 5.74) is 0.909. The summed E-state index contributed by atoms with van der Waals surface area (Å²) in [6.07, 6.45) is 3.44. The number of carbonyl (C=O) groups is 1. The summed E-state index contributed by atoms with van der Waals surface area (Å²) in [6.45, 7) is 4.77. The highest BCUT2D eigenvalue weighted by atomic mass is 35.5. The van der Waals surface area contributed by atoms with Crippen molar-refractivity contribution < 1.29 is 13.9 Å². The molecule has 1 aliphatic rings. The lowest BCUT2D eigenvalue weighted by molar-refractivity contribution is -0.125. The van der Waals surface area contributed by atoms with Crippen LogP contribution in [0.5, 0.6) is 11.6 Å². The molecule has 0 N–H and O–H groups in total. The van der Waals surface area contributed by atoms with Gasteiger partial charge in [0.05, 0.1) is 15.6 Å². The number of anilines is 1. The molecular formula is C21H18Cl2FN5O2. The van der Waals surface area contributed by atoms with Gasteiger partial charge in [-0.1, -0.05) is 29.8 Å². The second-order valence-corrected chi connectivity index (χ2v) is 7.82. The molecule has 1 amide bonds. The first-order chi connectivity index (χ1) is 14.9. The number of halogens is 3.